The van der Waals surface area contributed by atoms with Crippen LogP contribution in [0.1, 0.15) is 17.7 Å². The van der Waals surface area contributed by atoms with Crippen LogP contribution in [0.2, 0.25) is 0 Å². The lowest BCUT2D eigenvalue weighted by molar-refractivity contribution is 0.370. The first-order valence-electron chi connectivity index (χ1n) is 8.93. The second kappa shape index (κ2) is 7.75. The first kappa shape index (κ1) is 18.7. The number of benzene rings is 1. The van der Waals surface area contributed by atoms with Gasteiger partial charge in [-0.05, 0) is 29.8 Å². The van der Waals surface area contributed by atoms with Crippen molar-refractivity contribution in [3.8, 4) is 11.4 Å². The molecule has 0 saturated heterocycles. The summed E-state index contributed by atoms with van der Waals surface area (Å²) < 4.78 is 28.5. The first-order valence-corrected chi connectivity index (χ1v) is 8.93. The molecule has 146 valence electrons. The SMILES string of the molecule is O=c1ccnc(-c2cccc(Cn3nc(C4=CC(F)CC(F)=C4)ccc3=O)c2)[nH]1. The predicted molar refractivity (Wildman–Crippen MR) is 105 cm³/mol. The zero-order valence-electron chi connectivity index (χ0n) is 15.2. The molecule has 2 aromatic heterocycles. The van der Waals surface area contributed by atoms with Crippen molar-refractivity contribution in [3.63, 3.8) is 0 Å². The third-order valence-corrected chi connectivity index (χ3v) is 4.43. The number of nitrogens with one attached hydrogen (secondary N) is 1. The molecule has 6 nitrogen and oxygen atoms in total. The van der Waals surface area contributed by atoms with Crippen molar-refractivity contribution in [2.24, 2.45) is 0 Å². The summed E-state index contributed by atoms with van der Waals surface area (Å²) in [6.07, 6.45) is 2.23. The van der Waals surface area contributed by atoms with E-state index in [4.69, 9.17) is 0 Å². The molecule has 1 aliphatic carbocycles. The lowest BCUT2D eigenvalue weighted by Crippen LogP contribution is -2.23. The maximum absolute atomic E-state index is 13.6. The van der Waals surface area contributed by atoms with Gasteiger partial charge in [0, 0.05) is 35.9 Å². The molecule has 1 aliphatic rings. The van der Waals surface area contributed by atoms with E-state index < -0.39 is 12.0 Å². The fourth-order valence-corrected chi connectivity index (χ4v) is 3.10. The molecule has 29 heavy (non-hydrogen) atoms. The quantitative estimate of drug-likeness (QED) is 0.738. The summed E-state index contributed by atoms with van der Waals surface area (Å²) in [5.41, 5.74) is 1.44. The highest BCUT2D eigenvalue weighted by atomic mass is 19.1. The summed E-state index contributed by atoms with van der Waals surface area (Å²) in [4.78, 5) is 30.5. The summed E-state index contributed by atoms with van der Waals surface area (Å²) in [7, 11) is 0. The van der Waals surface area contributed by atoms with E-state index in [1.54, 1.807) is 18.2 Å². The number of hydrogen-bond acceptors (Lipinski definition) is 4. The fourth-order valence-electron chi connectivity index (χ4n) is 3.10. The van der Waals surface area contributed by atoms with Gasteiger partial charge in [0.1, 0.15) is 17.8 Å². The van der Waals surface area contributed by atoms with E-state index in [0.29, 0.717) is 22.7 Å². The predicted octanol–water partition coefficient (Wildman–Crippen LogP) is 3.02. The lowest BCUT2D eigenvalue weighted by atomic mass is 10.0. The highest BCUT2D eigenvalue weighted by Gasteiger charge is 2.17. The van der Waals surface area contributed by atoms with Gasteiger partial charge in [-0.15, -0.1) is 0 Å². The minimum atomic E-state index is -1.42. The van der Waals surface area contributed by atoms with Crippen LogP contribution in [0, 0.1) is 0 Å². The van der Waals surface area contributed by atoms with Gasteiger partial charge in [0.25, 0.3) is 11.1 Å². The van der Waals surface area contributed by atoms with Crippen molar-refractivity contribution in [1.82, 2.24) is 19.7 Å². The van der Waals surface area contributed by atoms with Gasteiger partial charge in [0.05, 0.1) is 12.2 Å². The molecule has 1 N–H and O–H groups in total. The molecule has 1 aromatic carbocycles. The van der Waals surface area contributed by atoms with Crippen molar-refractivity contribution in [3.05, 3.63) is 98.6 Å². The second-order valence-corrected chi connectivity index (χ2v) is 6.63. The number of aromatic amines is 1. The number of nitrogens with zero attached hydrogens (tertiary/aromatic N) is 3. The molecule has 0 saturated carbocycles. The molecule has 0 bridgehead atoms. The zero-order valence-corrected chi connectivity index (χ0v) is 15.2. The van der Waals surface area contributed by atoms with Crippen LogP contribution in [0.15, 0.2) is 76.2 Å². The number of hydrogen-bond donors (Lipinski definition) is 1. The highest BCUT2D eigenvalue weighted by Crippen LogP contribution is 2.26. The molecule has 4 rings (SSSR count). The van der Waals surface area contributed by atoms with E-state index in [9.17, 15) is 18.4 Å². The minimum Gasteiger partial charge on any atom is -0.307 e. The molecule has 0 fully saturated rings. The van der Waals surface area contributed by atoms with Crippen molar-refractivity contribution in [2.45, 2.75) is 19.1 Å². The Labute approximate surface area is 163 Å². The van der Waals surface area contributed by atoms with Crippen molar-refractivity contribution < 1.29 is 8.78 Å². The smallest absolute Gasteiger partial charge is 0.267 e. The average molecular weight is 394 g/mol. The van der Waals surface area contributed by atoms with Gasteiger partial charge in [-0.2, -0.15) is 5.10 Å². The summed E-state index contributed by atoms with van der Waals surface area (Å²) in [6.45, 7) is 0.149. The molecular weight excluding hydrogens is 378 g/mol. The zero-order chi connectivity index (χ0) is 20.4. The summed E-state index contributed by atoms with van der Waals surface area (Å²) in [5.74, 6) is -0.151. The van der Waals surface area contributed by atoms with Crippen molar-refractivity contribution in [2.75, 3.05) is 0 Å². The average Bonchev–Trinajstić information content (AvgIpc) is 2.69. The standard InChI is InChI=1S/C21H16F2N4O2/c22-16-9-15(10-17(23)11-16)18-4-5-20(29)27(26-18)12-13-2-1-3-14(8-13)21-24-7-6-19(28)25-21/h1-10,16H,11-12H2,(H,24,25,28). The fraction of sp³-hybridized carbons (Fsp3) is 0.143. The Balaban J connectivity index is 1.66. The number of rotatable bonds is 4. The Kier molecular flexibility index (Phi) is 4.99. The number of H-pyrrole nitrogens is 1. The van der Waals surface area contributed by atoms with Gasteiger partial charge in [0.2, 0.25) is 0 Å². The molecule has 0 radical (unpaired) electrons. The molecule has 8 heteroatoms. The molecule has 0 amide bonds. The maximum atomic E-state index is 13.6. The van der Waals surface area contributed by atoms with Gasteiger partial charge in [-0.3, -0.25) is 9.59 Å². The van der Waals surface area contributed by atoms with Gasteiger partial charge in [-0.25, -0.2) is 18.4 Å². The van der Waals surface area contributed by atoms with E-state index in [-0.39, 0.29) is 24.1 Å². The summed E-state index contributed by atoms with van der Waals surface area (Å²) in [5, 5.41) is 4.26. The van der Waals surface area contributed by atoms with E-state index in [1.165, 1.54) is 41.2 Å². The monoisotopic (exact) mass is 394 g/mol. The molecule has 2 heterocycles. The topological polar surface area (TPSA) is 80.6 Å². The van der Waals surface area contributed by atoms with Crippen LogP contribution in [0.5, 0.6) is 0 Å². The Morgan fingerprint density at radius 1 is 1.17 bits per heavy atom. The lowest BCUT2D eigenvalue weighted by Gasteiger charge is -2.13. The van der Waals surface area contributed by atoms with Crippen LogP contribution >= 0.6 is 0 Å². The summed E-state index contributed by atoms with van der Waals surface area (Å²) >= 11 is 0. The Morgan fingerprint density at radius 3 is 2.83 bits per heavy atom. The van der Waals surface area contributed by atoms with Crippen LogP contribution in [0.4, 0.5) is 8.78 Å². The van der Waals surface area contributed by atoms with Crippen LogP contribution in [-0.4, -0.2) is 25.9 Å². The first-order chi connectivity index (χ1) is 14.0. The number of alkyl halides is 1. The van der Waals surface area contributed by atoms with Crippen LogP contribution < -0.4 is 11.1 Å². The van der Waals surface area contributed by atoms with E-state index in [0.717, 1.165) is 5.56 Å². The highest BCUT2D eigenvalue weighted by molar-refractivity contribution is 5.73. The van der Waals surface area contributed by atoms with Crippen LogP contribution in [0.3, 0.4) is 0 Å². The molecule has 0 aliphatic heterocycles. The number of halogens is 2. The summed E-state index contributed by atoms with van der Waals surface area (Å²) in [6, 6.07) is 11.2. The van der Waals surface area contributed by atoms with Gasteiger partial charge in [-0.1, -0.05) is 18.2 Å². The molecule has 1 atom stereocenters. The third kappa shape index (κ3) is 4.26. The van der Waals surface area contributed by atoms with Crippen LogP contribution in [0.25, 0.3) is 17.0 Å². The second-order valence-electron chi connectivity index (χ2n) is 6.63. The Hall–Kier alpha value is -3.68. The van der Waals surface area contributed by atoms with Crippen molar-refractivity contribution >= 4 is 5.57 Å². The molecule has 3 aromatic rings. The van der Waals surface area contributed by atoms with Gasteiger partial charge in [0.15, 0.2) is 0 Å². The maximum Gasteiger partial charge on any atom is 0.267 e. The number of allylic oxidation sites excluding steroid dienone is 4. The minimum absolute atomic E-state index is 0.149. The Morgan fingerprint density at radius 2 is 2.03 bits per heavy atom. The normalized spacial score (nSPS) is 16.3. The number of aromatic nitrogens is 4. The Bertz CT molecular complexity index is 1240. The molecule has 0 spiro atoms. The largest absolute Gasteiger partial charge is 0.307 e. The van der Waals surface area contributed by atoms with E-state index >= 15 is 0 Å². The van der Waals surface area contributed by atoms with E-state index in [2.05, 4.69) is 15.1 Å². The van der Waals surface area contributed by atoms with E-state index in [1.807, 2.05) is 6.07 Å². The van der Waals surface area contributed by atoms with Crippen LogP contribution in [-0.2, 0) is 6.54 Å². The van der Waals surface area contributed by atoms with Crippen molar-refractivity contribution in [1.29, 1.82) is 0 Å². The molecule has 1 unspecified atom stereocenters. The van der Waals surface area contributed by atoms with Gasteiger partial charge >= 0.3 is 0 Å². The molecular formula is C21H16F2N4O2. The van der Waals surface area contributed by atoms with Gasteiger partial charge < -0.3 is 4.98 Å². The third-order valence-electron chi connectivity index (χ3n) is 4.43.